The molecule has 2 nitrogen and oxygen atoms in total. The topological polar surface area (TPSA) is 37.3 Å². The molecule has 1 aliphatic rings. The van der Waals surface area contributed by atoms with Gasteiger partial charge in [-0.1, -0.05) is 43.3 Å². The molecule has 0 aromatic heterocycles. The molecular formula is C15H18O2. The molecule has 0 unspecified atom stereocenters. The second-order valence-electron chi connectivity index (χ2n) is 4.99. The number of hydrogen-bond donors (Lipinski definition) is 1. The monoisotopic (exact) mass is 230 g/mol. The van der Waals surface area contributed by atoms with E-state index >= 15 is 0 Å². The summed E-state index contributed by atoms with van der Waals surface area (Å²) in [7, 11) is 0. The number of carboxylic acids is 1. The minimum absolute atomic E-state index is 0.591. The molecule has 0 heterocycles. The summed E-state index contributed by atoms with van der Waals surface area (Å²) in [6.45, 7) is 5.99. The normalized spacial score (nSPS) is 16.5. The Morgan fingerprint density at radius 2 is 1.88 bits per heavy atom. The molecule has 0 atom stereocenters. The van der Waals surface area contributed by atoms with Crippen LogP contribution in [0.5, 0.6) is 0 Å². The van der Waals surface area contributed by atoms with Gasteiger partial charge in [0.1, 0.15) is 0 Å². The number of rotatable bonds is 4. The van der Waals surface area contributed by atoms with E-state index in [1.807, 2.05) is 31.2 Å². The molecule has 1 N–H and O–H groups in total. The van der Waals surface area contributed by atoms with Crippen molar-refractivity contribution in [2.45, 2.75) is 32.6 Å². The lowest BCUT2D eigenvalue weighted by atomic mass is 9.78. The summed E-state index contributed by atoms with van der Waals surface area (Å²) in [5.41, 5.74) is 2.73. The molecule has 1 aromatic carbocycles. The van der Waals surface area contributed by atoms with Crippen LogP contribution in [0.25, 0.3) is 0 Å². The summed E-state index contributed by atoms with van der Waals surface area (Å²) in [6.07, 6.45) is 2.72. The summed E-state index contributed by atoms with van der Waals surface area (Å²) in [5.74, 6) is -0.691. The first-order valence-corrected chi connectivity index (χ1v) is 6.04. The van der Waals surface area contributed by atoms with Crippen LogP contribution in [0, 0.1) is 5.41 Å². The Balaban J connectivity index is 2.29. The molecule has 2 heteroatoms. The highest BCUT2D eigenvalue weighted by Gasteiger charge is 2.43. The minimum atomic E-state index is -0.691. The van der Waals surface area contributed by atoms with Crippen LogP contribution in [0.15, 0.2) is 36.4 Å². The van der Waals surface area contributed by atoms with Crippen LogP contribution in [0.3, 0.4) is 0 Å². The van der Waals surface area contributed by atoms with Crippen LogP contribution < -0.4 is 0 Å². The van der Waals surface area contributed by atoms with E-state index in [1.54, 1.807) is 0 Å². The minimum Gasteiger partial charge on any atom is -0.481 e. The predicted molar refractivity (Wildman–Crippen MR) is 68.0 cm³/mol. The van der Waals surface area contributed by atoms with Gasteiger partial charge >= 0.3 is 5.97 Å². The van der Waals surface area contributed by atoms with Crippen molar-refractivity contribution in [1.82, 2.24) is 0 Å². The fourth-order valence-electron chi connectivity index (χ4n) is 2.65. The van der Waals surface area contributed by atoms with Crippen molar-refractivity contribution in [1.29, 1.82) is 0 Å². The second kappa shape index (κ2) is 4.36. The van der Waals surface area contributed by atoms with Crippen molar-refractivity contribution in [3.05, 3.63) is 47.5 Å². The summed E-state index contributed by atoms with van der Waals surface area (Å²) < 4.78 is 0. The van der Waals surface area contributed by atoms with Crippen LogP contribution >= 0.6 is 0 Å². The van der Waals surface area contributed by atoms with Gasteiger partial charge in [0.2, 0.25) is 0 Å². The smallest absolute Gasteiger partial charge is 0.310 e. The highest BCUT2D eigenvalue weighted by Crippen LogP contribution is 2.42. The maximum Gasteiger partial charge on any atom is 0.310 e. The zero-order valence-electron chi connectivity index (χ0n) is 10.2. The molecule has 0 aliphatic heterocycles. The highest BCUT2D eigenvalue weighted by molar-refractivity contribution is 5.77. The van der Waals surface area contributed by atoms with Crippen LogP contribution in [-0.4, -0.2) is 11.1 Å². The molecule has 2 rings (SSSR count). The standard InChI is InChI=1S/C15H18O2/c1-3-11(2)8-15(14(16)17)9-12-6-4-5-7-13(12)10-15/h4-7H,2-3,8-10H2,1H3,(H,16,17). The number of benzene rings is 1. The van der Waals surface area contributed by atoms with Crippen molar-refractivity contribution in [2.75, 3.05) is 0 Å². The van der Waals surface area contributed by atoms with Crippen LogP contribution in [0.1, 0.15) is 30.9 Å². The van der Waals surface area contributed by atoms with Gasteiger partial charge in [0.25, 0.3) is 0 Å². The number of carbonyl (C=O) groups is 1. The molecule has 0 saturated carbocycles. The van der Waals surface area contributed by atoms with Gasteiger partial charge in [-0.05, 0) is 36.8 Å². The Labute approximate surface area is 102 Å². The van der Waals surface area contributed by atoms with Crippen molar-refractivity contribution < 1.29 is 9.90 Å². The predicted octanol–water partition coefficient (Wildman–Crippen LogP) is 3.21. The average molecular weight is 230 g/mol. The molecule has 1 aliphatic carbocycles. The third-order valence-electron chi connectivity index (χ3n) is 3.72. The van der Waals surface area contributed by atoms with Gasteiger partial charge in [0.15, 0.2) is 0 Å². The van der Waals surface area contributed by atoms with Crippen molar-refractivity contribution in [3.63, 3.8) is 0 Å². The molecule has 1 aromatic rings. The van der Waals surface area contributed by atoms with E-state index in [1.165, 1.54) is 11.1 Å². The first-order chi connectivity index (χ1) is 8.07. The zero-order valence-corrected chi connectivity index (χ0v) is 10.2. The van der Waals surface area contributed by atoms with Crippen molar-refractivity contribution in [3.8, 4) is 0 Å². The van der Waals surface area contributed by atoms with Crippen LogP contribution in [0.4, 0.5) is 0 Å². The summed E-state index contributed by atoms with van der Waals surface area (Å²) in [4.78, 5) is 11.6. The molecule has 0 saturated heterocycles. The number of hydrogen-bond acceptors (Lipinski definition) is 1. The fraction of sp³-hybridized carbons (Fsp3) is 0.400. The lowest BCUT2D eigenvalue weighted by Crippen LogP contribution is -2.32. The van der Waals surface area contributed by atoms with E-state index in [0.717, 1.165) is 12.0 Å². The largest absolute Gasteiger partial charge is 0.481 e. The highest BCUT2D eigenvalue weighted by atomic mass is 16.4. The lowest BCUT2D eigenvalue weighted by molar-refractivity contribution is -0.148. The molecule has 0 amide bonds. The van der Waals surface area contributed by atoms with Crippen molar-refractivity contribution in [2.24, 2.45) is 5.41 Å². The van der Waals surface area contributed by atoms with Gasteiger partial charge in [0, 0.05) is 0 Å². The van der Waals surface area contributed by atoms with E-state index in [9.17, 15) is 9.90 Å². The fourth-order valence-corrected chi connectivity index (χ4v) is 2.65. The molecule has 0 spiro atoms. The Kier molecular flexibility index (Phi) is 3.05. The maximum atomic E-state index is 11.6. The van der Waals surface area contributed by atoms with E-state index in [-0.39, 0.29) is 0 Å². The van der Waals surface area contributed by atoms with Crippen molar-refractivity contribution >= 4 is 5.97 Å². The SMILES string of the molecule is C=C(CC)CC1(C(=O)O)Cc2ccccc2C1. The van der Waals surface area contributed by atoms with E-state index in [4.69, 9.17) is 0 Å². The van der Waals surface area contributed by atoms with Crippen LogP contribution in [0.2, 0.25) is 0 Å². The van der Waals surface area contributed by atoms with Gasteiger partial charge < -0.3 is 5.11 Å². The van der Waals surface area contributed by atoms with Gasteiger partial charge in [0.05, 0.1) is 5.41 Å². The van der Waals surface area contributed by atoms with E-state index < -0.39 is 11.4 Å². The summed E-state index contributed by atoms with van der Waals surface area (Å²) in [6, 6.07) is 8.03. The Hall–Kier alpha value is -1.57. The Bertz CT molecular complexity index is 435. The third kappa shape index (κ3) is 2.12. The van der Waals surface area contributed by atoms with E-state index in [2.05, 4.69) is 6.58 Å². The summed E-state index contributed by atoms with van der Waals surface area (Å²) in [5, 5.41) is 9.54. The summed E-state index contributed by atoms with van der Waals surface area (Å²) >= 11 is 0. The van der Waals surface area contributed by atoms with Crippen LogP contribution in [-0.2, 0) is 17.6 Å². The molecule has 0 fully saturated rings. The average Bonchev–Trinajstić information content (AvgIpc) is 2.68. The number of fused-ring (bicyclic) bond motifs is 1. The lowest BCUT2D eigenvalue weighted by Gasteiger charge is -2.24. The van der Waals surface area contributed by atoms with Gasteiger partial charge in [-0.2, -0.15) is 0 Å². The molecule has 90 valence electrons. The quantitative estimate of drug-likeness (QED) is 0.806. The Morgan fingerprint density at radius 3 is 2.29 bits per heavy atom. The molecule has 0 bridgehead atoms. The number of carboxylic acid groups (broad SMARTS) is 1. The zero-order chi connectivity index (χ0) is 12.5. The van der Waals surface area contributed by atoms with Gasteiger partial charge in [-0.3, -0.25) is 4.79 Å². The first-order valence-electron chi connectivity index (χ1n) is 6.04. The van der Waals surface area contributed by atoms with Gasteiger partial charge in [-0.25, -0.2) is 0 Å². The maximum absolute atomic E-state index is 11.6. The van der Waals surface area contributed by atoms with E-state index in [0.29, 0.717) is 19.3 Å². The Morgan fingerprint density at radius 1 is 1.35 bits per heavy atom. The molecule has 0 radical (unpaired) electrons. The first kappa shape index (κ1) is 11.9. The van der Waals surface area contributed by atoms with Gasteiger partial charge in [-0.15, -0.1) is 0 Å². The third-order valence-corrected chi connectivity index (χ3v) is 3.72. The number of aliphatic carboxylic acids is 1. The molecule has 17 heavy (non-hydrogen) atoms. The second-order valence-corrected chi connectivity index (χ2v) is 4.99. The molecular weight excluding hydrogens is 212 g/mol. The number of allylic oxidation sites excluding steroid dienone is 1.